The number of rotatable bonds is 6. The van der Waals surface area contributed by atoms with Crippen LogP contribution in [-0.4, -0.2) is 22.3 Å². The fourth-order valence-electron chi connectivity index (χ4n) is 2.23. The predicted octanol–water partition coefficient (Wildman–Crippen LogP) is 2.69. The number of hydrogen-bond donors (Lipinski definition) is 0. The van der Waals surface area contributed by atoms with Crippen molar-refractivity contribution >= 4 is 11.6 Å². The van der Waals surface area contributed by atoms with Gasteiger partial charge in [-0.25, -0.2) is 0 Å². The van der Waals surface area contributed by atoms with Gasteiger partial charge in [0.15, 0.2) is 0 Å². The van der Waals surface area contributed by atoms with Gasteiger partial charge in [-0.1, -0.05) is 48.5 Å². The molecule has 0 radical (unpaired) electrons. The Labute approximate surface area is 133 Å². The summed E-state index contributed by atoms with van der Waals surface area (Å²) >= 11 is 0. The molecule has 0 heterocycles. The van der Waals surface area contributed by atoms with Crippen molar-refractivity contribution in [2.45, 2.75) is 13.0 Å². The number of nitro benzene ring substituents is 1. The van der Waals surface area contributed by atoms with Gasteiger partial charge in [-0.3, -0.25) is 14.9 Å². The van der Waals surface area contributed by atoms with E-state index < -0.39 is 4.92 Å². The Morgan fingerprint density at radius 2 is 1.78 bits per heavy atom. The molecule has 0 aliphatic carbocycles. The first kappa shape index (κ1) is 16.2. The zero-order valence-electron chi connectivity index (χ0n) is 12.4. The molecule has 6 nitrogen and oxygen atoms in total. The highest BCUT2D eigenvalue weighted by atomic mass is 16.6. The average molecular weight is 309 g/mol. The second-order valence-corrected chi connectivity index (χ2v) is 4.96. The van der Waals surface area contributed by atoms with Gasteiger partial charge >= 0.3 is 0 Å². The van der Waals surface area contributed by atoms with E-state index in [-0.39, 0.29) is 24.6 Å². The lowest BCUT2D eigenvalue weighted by Gasteiger charge is -2.19. The summed E-state index contributed by atoms with van der Waals surface area (Å²) in [6.45, 7) is 0.238. The minimum absolute atomic E-state index is 0.0612. The number of amides is 1. The summed E-state index contributed by atoms with van der Waals surface area (Å²) in [5, 5.41) is 19.9. The van der Waals surface area contributed by atoms with Crippen LogP contribution in [0, 0.1) is 21.4 Å². The van der Waals surface area contributed by atoms with Crippen LogP contribution in [0.5, 0.6) is 0 Å². The van der Waals surface area contributed by atoms with Gasteiger partial charge in [-0.05, 0) is 5.56 Å². The standard InChI is InChI=1S/C17H15N3O3/c18-10-11-19(13-14-6-2-1-3-7-14)17(21)12-15-8-4-5-9-16(15)20(22)23/h1-9H,11-13H2. The molecule has 1 amide bonds. The van der Waals surface area contributed by atoms with Crippen LogP contribution >= 0.6 is 0 Å². The zero-order valence-corrected chi connectivity index (χ0v) is 12.4. The molecule has 0 bridgehead atoms. The average Bonchev–Trinajstić information content (AvgIpc) is 2.55. The van der Waals surface area contributed by atoms with Crippen molar-refractivity contribution in [3.8, 4) is 6.07 Å². The SMILES string of the molecule is N#CCN(Cc1ccccc1)C(=O)Cc1ccccc1[N+](=O)[O-]. The molecule has 0 saturated carbocycles. The van der Waals surface area contributed by atoms with Gasteiger partial charge in [0.05, 0.1) is 17.4 Å². The highest BCUT2D eigenvalue weighted by Crippen LogP contribution is 2.19. The fraction of sp³-hybridized carbons (Fsp3) is 0.176. The first-order chi connectivity index (χ1) is 11.1. The molecule has 23 heavy (non-hydrogen) atoms. The normalized spacial score (nSPS) is 9.87. The highest BCUT2D eigenvalue weighted by molar-refractivity contribution is 5.80. The van der Waals surface area contributed by atoms with Crippen molar-refractivity contribution in [1.29, 1.82) is 5.26 Å². The van der Waals surface area contributed by atoms with Crippen molar-refractivity contribution in [2.75, 3.05) is 6.54 Å². The van der Waals surface area contributed by atoms with E-state index in [9.17, 15) is 14.9 Å². The molecule has 116 valence electrons. The van der Waals surface area contributed by atoms with Crippen LogP contribution in [0.15, 0.2) is 54.6 Å². The Morgan fingerprint density at radius 1 is 1.13 bits per heavy atom. The van der Waals surface area contributed by atoms with Gasteiger partial charge in [0.2, 0.25) is 5.91 Å². The van der Waals surface area contributed by atoms with Gasteiger partial charge in [-0.2, -0.15) is 5.26 Å². The first-order valence-corrected chi connectivity index (χ1v) is 7.02. The number of benzene rings is 2. The molecular formula is C17H15N3O3. The van der Waals surface area contributed by atoms with Gasteiger partial charge in [-0.15, -0.1) is 0 Å². The van der Waals surface area contributed by atoms with E-state index >= 15 is 0 Å². The molecule has 0 saturated heterocycles. The summed E-state index contributed by atoms with van der Waals surface area (Å²) in [4.78, 5) is 24.3. The van der Waals surface area contributed by atoms with Crippen LogP contribution in [0.2, 0.25) is 0 Å². The van der Waals surface area contributed by atoms with Gasteiger partial charge in [0.25, 0.3) is 5.69 Å². The maximum absolute atomic E-state index is 12.4. The summed E-state index contributed by atoms with van der Waals surface area (Å²) in [6, 6.07) is 17.4. The monoisotopic (exact) mass is 309 g/mol. The van der Waals surface area contributed by atoms with Crippen LogP contribution < -0.4 is 0 Å². The van der Waals surface area contributed by atoms with Crippen molar-refractivity contribution in [2.24, 2.45) is 0 Å². The lowest BCUT2D eigenvalue weighted by molar-refractivity contribution is -0.385. The van der Waals surface area contributed by atoms with Crippen LogP contribution in [0.1, 0.15) is 11.1 Å². The number of hydrogen-bond acceptors (Lipinski definition) is 4. The number of nitriles is 1. The van der Waals surface area contributed by atoms with E-state index in [0.717, 1.165) is 5.56 Å². The molecular weight excluding hydrogens is 294 g/mol. The molecule has 0 N–H and O–H groups in total. The molecule has 0 aliphatic heterocycles. The summed E-state index contributed by atoms with van der Waals surface area (Å²) < 4.78 is 0. The third-order valence-electron chi connectivity index (χ3n) is 3.36. The quantitative estimate of drug-likeness (QED) is 0.466. The molecule has 2 aromatic rings. The fourth-order valence-corrected chi connectivity index (χ4v) is 2.23. The number of nitro groups is 1. The smallest absolute Gasteiger partial charge is 0.273 e. The summed E-state index contributed by atoms with van der Waals surface area (Å²) in [6.07, 6.45) is -0.105. The van der Waals surface area contributed by atoms with E-state index in [2.05, 4.69) is 0 Å². The van der Waals surface area contributed by atoms with E-state index in [1.807, 2.05) is 36.4 Å². The molecule has 0 spiro atoms. The maximum atomic E-state index is 12.4. The Kier molecular flexibility index (Phi) is 5.42. The van der Waals surface area contributed by atoms with Crippen LogP contribution in [0.4, 0.5) is 5.69 Å². The van der Waals surface area contributed by atoms with Gasteiger partial charge in [0.1, 0.15) is 6.54 Å². The molecule has 0 aromatic heterocycles. The Bertz CT molecular complexity index is 738. The number of nitrogens with zero attached hydrogens (tertiary/aromatic N) is 3. The molecule has 0 aliphatic rings. The summed E-state index contributed by atoms with van der Waals surface area (Å²) in [5.74, 6) is -0.315. The van der Waals surface area contributed by atoms with Crippen LogP contribution in [0.25, 0.3) is 0 Å². The van der Waals surface area contributed by atoms with Gasteiger partial charge < -0.3 is 4.90 Å². The minimum Gasteiger partial charge on any atom is -0.325 e. The van der Waals surface area contributed by atoms with Crippen molar-refractivity contribution in [1.82, 2.24) is 4.90 Å². The van der Waals surface area contributed by atoms with E-state index in [1.54, 1.807) is 18.2 Å². The highest BCUT2D eigenvalue weighted by Gasteiger charge is 2.19. The minimum atomic E-state index is -0.506. The molecule has 0 unspecified atom stereocenters. The van der Waals surface area contributed by atoms with Crippen molar-refractivity contribution < 1.29 is 9.72 Å². The second-order valence-electron chi connectivity index (χ2n) is 4.96. The van der Waals surface area contributed by atoms with Gasteiger partial charge in [0, 0.05) is 18.2 Å². The molecule has 0 fully saturated rings. The van der Waals surface area contributed by atoms with E-state index in [0.29, 0.717) is 12.1 Å². The molecule has 2 rings (SSSR count). The zero-order chi connectivity index (χ0) is 16.7. The number of carbonyl (C=O) groups is 1. The molecule has 2 aromatic carbocycles. The Balaban J connectivity index is 2.16. The van der Waals surface area contributed by atoms with Crippen LogP contribution in [0.3, 0.4) is 0 Å². The van der Waals surface area contributed by atoms with Crippen molar-refractivity contribution in [3.63, 3.8) is 0 Å². The summed E-state index contributed by atoms with van der Waals surface area (Å²) in [5.41, 5.74) is 1.16. The largest absolute Gasteiger partial charge is 0.325 e. The number of carbonyl (C=O) groups excluding carboxylic acids is 1. The number of para-hydroxylation sites is 1. The van der Waals surface area contributed by atoms with Crippen LogP contribution in [-0.2, 0) is 17.8 Å². The Hall–Kier alpha value is -3.20. The lowest BCUT2D eigenvalue weighted by atomic mass is 10.1. The Morgan fingerprint density at radius 3 is 2.43 bits per heavy atom. The molecule has 6 heteroatoms. The maximum Gasteiger partial charge on any atom is 0.273 e. The molecule has 0 atom stereocenters. The third kappa shape index (κ3) is 4.38. The van der Waals surface area contributed by atoms with E-state index in [4.69, 9.17) is 5.26 Å². The third-order valence-corrected chi connectivity index (χ3v) is 3.36. The predicted molar refractivity (Wildman–Crippen MR) is 84.3 cm³/mol. The van der Waals surface area contributed by atoms with Crippen molar-refractivity contribution in [3.05, 3.63) is 75.8 Å². The topological polar surface area (TPSA) is 87.2 Å². The van der Waals surface area contributed by atoms with E-state index in [1.165, 1.54) is 11.0 Å². The lowest BCUT2D eigenvalue weighted by Crippen LogP contribution is -2.32. The summed E-state index contributed by atoms with van der Waals surface area (Å²) in [7, 11) is 0. The second kappa shape index (κ2) is 7.71. The first-order valence-electron chi connectivity index (χ1n) is 7.02.